The van der Waals surface area contributed by atoms with Gasteiger partial charge in [-0.15, -0.1) is 0 Å². The van der Waals surface area contributed by atoms with Gasteiger partial charge < -0.3 is 18.9 Å². The number of hydrogen-bond acceptors (Lipinski definition) is 6. The van der Waals surface area contributed by atoms with Crippen molar-refractivity contribution in [2.24, 2.45) is 0 Å². The molecule has 0 aromatic rings. The lowest BCUT2D eigenvalue weighted by Crippen LogP contribution is -2.27. The second kappa shape index (κ2) is 11.0. The number of esters is 2. The van der Waals surface area contributed by atoms with Crippen LogP contribution in [0.15, 0.2) is 25.3 Å². The summed E-state index contributed by atoms with van der Waals surface area (Å²) < 4.78 is 20.8. The van der Waals surface area contributed by atoms with Crippen LogP contribution in [0.25, 0.3) is 0 Å². The maximum absolute atomic E-state index is 11.0. The molecule has 3 atom stereocenters. The number of rotatable bonds is 11. The molecule has 0 aromatic heterocycles. The van der Waals surface area contributed by atoms with Crippen molar-refractivity contribution >= 4 is 11.9 Å². The highest BCUT2D eigenvalue weighted by molar-refractivity contribution is 5.81. The molecule has 0 aliphatic carbocycles. The van der Waals surface area contributed by atoms with Gasteiger partial charge in [-0.3, -0.25) is 0 Å². The summed E-state index contributed by atoms with van der Waals surface area (Å²) in [4.78, 5) is 21.8. The molecular weight excluding hydrogens is 276 g/mol. The summed E-state index contributed by atoms with van der Waals surface area (Å²) in [5.74, 6) is -0.958. The van der Waals surface area contributed by atoms with E-state index < -0.39 is 11.9 Å². The van der Waals surface area contributed by atoms with Gasteiger partial charge in [0.15, 0.2) is 0 Å². The van der Waals surface area contributed by atoms with E-state index in [1.54, 1.807) is 13.8 Å². The van der Waals surface area contributed by atoms with Gasteiger partial charge in [0.1, 0.15) is 12.7 Å². The van der Waals surface area contributed by atoms with Crippen LogP contribution in [-0.2, 0) is 28.5 Å². The lowest BCUT2D eigenvalue weighted by molar-refractivity contribution is -0.148. The van der Waals surface area contributed by atoms with Crippen molar-refractivity contribution in [1.29, 1.82) is 0 Å². The fourth-order valence-electron chi connectivity index (χ4n) is 1.23. The van der Waals surface area contributed by atoms with E-state index in [1.807, 2.05) is 6.92 Å². The Balaban J connectivity index is 3.76. The van der Waals surface area contributed by atoms with E-state index in [0.717, 1.165) is 12.2 Å². The quantitative estimate of drug-likeness (QED) is 0.427. The first-order valence-electron chi connectivity index (χ1n) is 6.74. The molecular formula is C15H24O6. The van der Waals surface area contributed by atoms with Crippen LogP contribution in [0, 0.1) is 0 Å². The van der Waals surface area contributed by atoms with Gasteiger partial charge in [0.25, 0.3) is 0 Å². The lowest BCUT2D eigenvalue weighted by atomic mass is 10.4. The standard InChI is InChI=1S/C15H24O6/c1-6-14(16)20-9-12(4)18-8-11(3)19-10-13(5)21-15(17)7-2/h6-7,11-13H,1-2,8-10H2,3-5H3/t11-,12+,13+/m1/s1. The highest BCUT2D eigenvalue weighted by Crippen LogP contribution is 2.01. The highest BCUT2D eigenvalue weighted by atomic mass is 16.6. The predicted molar refractivity (Wildman–Crippen MR) is 77.7 cm³/mol. The number of hydrogen-bond donors (Lipinski definition) is 0. The Hall–Kier alpha value is -1.66. The Labute approximate surface area is 125 Å². The predicted octanol–water partition coefficient (Wildman–Crippen LogP) is 1.64. The molecule has 0 aliphatic rings. The Kier molecular flexibility index (Phi) is 10.2. The summed E-state index contributed by atoms with van der Waals surface area (Å²) in [5, 5.41) is 0. The molecule has 0 N–H and O–H groups in total. The summed E-state index contributed by atoms with van der Waals surface area (Å²) in [6, 6.07) is 0. The minimum Gasteiger partial charge on any atom is -0.460 e. The van der Waals surface area contributed by atoms with Crippen molar-refractivity contribution in [2.75, 3.05) is 19.8 Å². The number of ether oxygens (including phenoxy) is 4. The van der Waals surface area contributed by atoms with Gasteiger partial charge in [-0.05, 0) is 20.8 Å². The molecule has 0 rings (SSSR count). The maximum Gasteiger partial charge on any atom is 0.330 e. The van der Waals surface area contributed by atoms with Crippen LogP contribution in [0.1, 0.15) is 20.8 Å². The lowest BCUT2D eigenvalue weighted by Gasteiger charge is -2.19. The second-order valence-electron chi connectivity index (χ2n) is 4.57. The first-order valence-corrected chi connectivity index (χ1v) is 6.74. The van der Waals surface area contributed by atoms with Crippen molar-refractivity contribution in [1.82, 2.24) is 0 Å². The molecule has 6 nitrogen and oxygen atoms in total. The second-order valence-corrected chi connectivity index (χ2v) is 4.57. The Morgan fingerprint density at radius 3 is 1.86 bits per heavy atom. The third kappa shape index (κ3) is 10.8. The molecule has 0 heterocycles. The molecule has 21 heavy (non-hydrogen) atoms. The molecule has 0 unspecified atom stereocenters. The van der Waals surface area contributed by atoms with Gasteiger partial charge in [0, 0.05) is 12.2 Å². The molecule has 0 bridgehead atoms. The minimum absolute atomic E-state index is 0.158. The van der Waals surface area contributed by atoms with Crippen molar-refractivity contribution in [3.63, 3.8) is 0 Å². The average molecular weight is 300 g/mol. The number of carbonyl (C=O) groups is 2. The van der Waals surface area contributed by atoms with E-state index in [9.17, 15) is 9.59 Å². The van der Waals surface area contributed by atoms with E-state index in [2.05, 4.69) is 13.2 Å². The van der Waals surface area contributed by atoms with Crippen LogP contribution in [0.3, 0.4) is 0 Å². The van der Waals surface area contributed by atoms with Crippen LogP contribution >= 0.6 is 0 Å². The summed E-state index contributed by atoms with van der Waals surface area (Å²) in [5.41, 5.74) is 0. The fourth-order valence-corrected chi connectivity index (χ4v) is 1.23. The first kappa shape index (κ1) is 19.3. The van der Waals surface area contributed by atoms with Crippen molar-refractivity contribution in [2.45, 2.75) is 39.1 Å². The smallest absolute Gasteiger partial charge is 0.330 e. The van der Waals surface area contributed by atoms with Gasteiger partial charge in [-0.2, -0.15) is 0 Å². The van der Waals surface area contributed by atoms with E-state index in [4.69, 9.17) is 18.9 Å². The van der Waals surface area contributed by atoms with Crippen LogP contribution in [0.5, 0.6) is 0 Å². The Bertz CT molecular complexity index is 352. The molecule has 0 radical (unpaired) electrons. The van der Waals surface area contributed by atoms with Crippen molar-refractivity contribution in [3.05, 3.63) is 25.3 Å². The van der Waals surface area contributed by atoms with Crippen LogP contribution < -0.4 is 0 Å². The summed E-state index contributed by atoms with van der Waals surface area (Å²) in [6.07, 6.45) is 1.44. The largest absolute Gasteiger partial charge is 0.460 e. The fraction of sp³-hybridized carbons (Fsp3) is 0.600. The SMILES string of the molecule is C=CC(=O)OC[C@H](C)OC[C@@H](C)OC[C@H](C)OC(=O)C=C. The maximum atomic E-state index is 11.0. The molecule has 0 aliphatic heterocycles. The average Bonchev–Trinajstić information content (AvgIpc) is 2.47. The third-order valence-electron chi connectivity index (χ3n) is 2.34. The van der Waals surface area contributed by atoms with Crippen molar-refractivity contribution < 1.29 is 28.5 Å². The molecule has 0 aromatic carbocycles. The Morgan fingerprint density at radius 1 is 0.857 bits per heavy atom. The zero-order valence-corrected chi connectivity index (χ0v) is 12.9. The molecule has 0 fully saturated rings. The molecule has 6 heteroatoms. The van der Waals surface area contributed by atoms with Crippen LogP contribution in [-0.4, -0.2) is 50.1 Å². The zero-order valence-electron chi connectivity index (χ0n) is 12.9. The molecule has 0 amide bonds. The van der Waals surface area contributed by atoms with Gasteiger partial charge in [-0.1, -0.05) is 13.2 Å². The first-order chi connectivity index (χ1) is 9.88. The van der Waals surface area contributed by atoms with E-state index in [-0.39, 0.29) is 31.5 Å². The van der Waals surface area contributed by atoms with Crippen molar-refractivity contribution in [3.8, 4) is 0 Å². The van der Waals surface area contributed by atoms with Gasteiger partial charge in [0.2, 0.25) is 0 Å². The normalized spacial score (nSPS) is 14.6. The van der Waals surface area contributed by atoms with Gasteiger partial charge in [0.05, 0.1) is 25.4 Å². The molecule has 0 spiro atoms. The minimum atomic E-state index is -0.479. The molecule has 0 saturated heterocycles. The van der Waals surface area contributed by atoms with E-state index in [1.165, 1.54) is 0 Å². The summed E-state index contributed by atoms with van der Waals surface area (Å²) in [6.45, 7) is 12.7. The van der Waals surface area contributed by atoms with E-state index >= 15 is 0 Å². The summed E-state index contributed by atoms with van der Waals surface area (Å²) >= 11 is 0. The third-order valence-corrected chi connectivity index (χ3v) is 2.34. The summed E-state index contributed by atoms with van der Waals surface area (Å²) in [7, 11) is 0. The topological polar surface area (TPSA) is 71.1 Å². The van der Waals surface area contributed by atoms with Crippen LogP contribution in [0.4, 0.5) is 0 Å². The highest BCUT2D eigenvalue weighted by Gasteiger charge is 2.12. The van der Waals surface area contributed by atoms with Crippen LogP contribution in [0.2, 0.25) is 0 Å². The molecule has 0 saturated carbocycles. The zero-order chi connectivity index (χ0) is 16.3. The van der Waals surface area contributed by atoms with Gasteiger partial charge in [-0.25, -0.2) is 9.59 Å². The monoisotopic (exact) mass is 300 g/mol. The number of carbonyl (C=O) groups excluding carboxylic acids is 2. The van der Waals surface area contributed by atoms with E-state index in [0.29, 0.717) is 6.61 Å². The molecule has 120 valence electrons. The van der Waals surface area contributed by atoms with Gasteiger partial charge >= 0.3 is 11.9 Å². The Morgan fingerprint density at radius 2 is 1.33 bits per heavy atom.